The molecule has 1 aliphatic heterocycles. The van der Waals surface area contributed by atoms with Crippen molar-refractivity contribution in [3.05, 3.63) is 23.9 Å². The molecule has 0 radical (unpaired) electrons. The van der Waals surface area contributed by atoms with Gasteiger partial charge in [-0.2, -0.15) is 0 Å². The molecule has 9 heteroatoms. The van der Waals surface area contributed by atoms with Crippen molar-refractivity contribution in [2.45, 2.75) is 45.7 Å². The Morgan fingerprint density at radius 1 is 1.29 bits per heavy atom. The Morgan fingerprint density at radius 3 is 2.61 bits per heavy atom. The first-order valence-corrected chi connectivity index (χ1v) is 11.6. The highest BCUT2D eigenvalue weighted by Crippen LogP contribution is 2.15. The van der Waals surface area contributed by atoms with E-state index in [0.717, 1.165) is 36.9 Å². The number of guanidine groups is 1. The molecule has 1 saturated heterocycles. The summed E-state index contributed by atoms with van der Waals surface area (Å²) >= 11 is 0. The van der Waals surface area contributed by atoms with Crippen molar-refractivity contribution in [1.82, 2.24) is 19.9 Å². The first kappa shape index (κ1) is 22.4. The molecule has 1 fully saturated rings. The van der Waals surface area contributed by atoms with E-state index in [1.54, 1.807) is 4.31 Å². The molecule has 0 spiro atoms. The zero-order valence-electron chi connectivity index (χ0n) is 17.5. The average molecular weight is 411 g/mol. The van der Waals surface area contributed by atoms with Gasteiger partial charge in [-0.3, -0.25) is 0 Å². The van der Waals surface area contributed by atoms with Crippen molar-refractivity contribution in [3.8, 4) is 0 Å². The Labute approximate surface area is 169 Å². The highest BCUT2D eigenvalue weighted by molar-refractivity contribution is 7.89. The maximum absolute atomic E-state index is 12.2. The van der Waals surface area contributed by atoms with E-state index in [4.69, 9.17) is 0 Å². The highest BCUT2D eigenvalue weighted by Gasteiger charge is 2.27. The molecule has 2 rings (SSSR count). The van der Waals surface area contributed by atoms with E-state index in [1.165, 1.54) is 0 Å². The van der Waals surface area contributed by atoms with Crippen molar-refractivity contribution < 1.29 is 8.42 Å². The molecule has 0 atom stereocenters. The number of aromatic nitrogens is 1. The largest absolute Gasteiger partial charge is 0.363 e. The zero-order chi connectivity index (χ0) is 20.6. The maximum Gasteiger partial charge on any atom is 0.214 e. The second-order valence-corrected chi connectivity index (χ2v) is 9.30. The molecule has 0 aromatic carbocycles. The van der Waals surface area contributed by atoms with Crippen LogP contribution in [0.1, 0.15) is 38.8 Å². The van der Waals surface area contributed by atoms with Crippen LogP contribution >= 0.6 is 0 Å². The van der Waals surface area contributed by atoms with E-state index in [9.17, 15) is 8.42 Å². The summed E-state index contributed by atoms with van der Waals surface area (Å²) in [6, 6.07) is 6.14. The van der Waals surface area contributed by atoms with Crippen molar-refractivity contribution in [1.29, 1.82) is 0 Å². The monoisotopic (exact) mass is 410 g/mol. The summed E-state index contributed by atoms with van der Waals surface area (Å²) in [4.78, 5) is 11.2. The van der Waals surface area contributed by atoms with Crippen LogP contribution in [0.5, 0.6) is 0 Å². The van der Waals surface area contributed by atoms with Crippen molar-refractivity contribution >= 4 is 21.8 Å². The number of sulfonamides is 1. The number of hydrogen-bond acceptors (Lipinski definition) is 5. The minimum atomic E-state index is -3.11. The van der Waals surface area contributed by atoms with Gasteiger partial charge in [0.1, 0.15) is 5.82 Å². The number of nitrogens with zero attached hydrogens (tertiary/aromatic N) is 4. The third-order valence-corrected chi connectivity index (χ3v) is 6.72. The van der Waals surface area contributed by atoms with Gasteiger partial charge in [0.15, 0.2) is 5.96 Å². The van der Waals surface area contributed by atoms with Gasteiger partial charge in [-0.15, -0.1) is 0 Å². The van der Waals surface area contributed by atoms with E-state index < -0.39 is 10.0 Å². The van der Waals surface area contributed by atoms with Gasteiger partial charge in [-0.25, -0.2) is 22.7 Å². The van der Waals surface area contributed by atoms with Crippen LogP contribution < -0.4 is 15.5 Å². The number of hydrogen-bond donors (Lipinski definition) is 2. The first-order chi connectivity index (χ1) is 13.4. The van der Waals surface area contributed by atoms with Gasteiger partial charge in [0.25, 0.3) is 0 Å². The second-order valence-electron chi connectivity index (χ2n) is 7.21. The lowest BCUT2D eigenvalue weighted by Gasteiger charge is -2.32. The molecule has 0 amide bonds. The predicted molar refractivity (Wildman–Crippen MR) is 115 cm³/mol. The van der Waals surface area contributed by atoms with Gasteiger partial charge in [0.2, 0.25) is 10.0 Å². The minimum absolute atomic E-state index is 0.215. The minimum Gasteiger partial charge on any atom is -0.363 e. The average Bonchev–Trinajstić information content (AvgIpc) is 2.67. The van der Waals surface area contributed by atoms with Crippen LogP contribution in [-0.4, -0.2) is 69.2 Å². The molecule has 158 valence electrons. The summed E-state index contributed by atoms with van der Waals surface area (Å²) in [5, 5.41) is 6.72. The van der Waals surface area contributed by atoms with Crippen molar-refractivity contribution in [3.63, 3.8) is 0 Å². The SMILES string of the molecule is CCCS(=O)(=O)N1CCC(NC(=NCc2cccc(N(C)C)n2)NCC)CC1. The Hall–Kier alpha value is -1.87. The summed E-state index contributed by atoms with van der Waals surface area (Å²) in [6.45, 7) is 6.30. The Bertz CT molecular complexity index is 743. The van der Waals surface area contributed by atoms with Gasteiger partial charge in [0.05, 0.1) is 18.0 Å². The molecule has 28 heavy (non-hydrogen) atoms. The predicted octanol–water partition coefficient (Wildman–Crippen LogP) is 1.41. The number of rotatable bonds is 8. The highest BCUT2D eigenvalue weighted by atomic mass is 32.2. The number of aliphatic imine (C=N–C) groups is 1. The molecule has 0 bridgehead atoms. The van der Waals surface area contributed by atoms with Gasteiger partial charge in [0, 0.05) is 39.8 Å². The molecule has 2 N–H and O–H groups in total. The van der Waals surface area contributed by atoms with Crippen LogP contribution in [-0.2, 0) is 16.6 Å². The third kappa shape index (κ3) is 6.63. The smallest absolute Gasteiger partial charge is 0.214 e. The summed E-state index contributed by atoms with van der Waals surface area (Å²) in [5.74, 6) is 1.88. The van der Waals surface area contributed by atoms with Crippen LogP contribution in [0.25, 0.3) is 0 Å². The molecule has 0 saturated carbocycles. The van der Waals surface area contributed by atoms with Gasteiger partial charge >= 0.3 is 0 Å². The topological polar surface area (TPSA) is 89.9 Å². The third-order valence-electron chi connectivity index (χ3n) is 4.64. The summed E-state index contributed by atoms with van der Waals surface area (Å²) in [7, 11) is 0.827. The van der Waals surface area contributed by atoms with Crippen LogP contribution in [0.4, 0.5) is 5.82 Å². The quantitative estimate of drug-likeness (QED) is 0.497. The van der Waals surface area contributed by atoms with Crippen LogP contribution in [0.3, 0.4) is 0 Å². The number of nitrogens with one attached hydrogen (secondary N) is 2. The molecular weight excluding hydrogens is 376 g/mol. The second kappa shape index (κ2) is 10.6. The maximum atomic E-state index is 12.2. The van der Waals surface area contributed by atoms with Crippen LogP contribution in [0.15, 0.2) is 23.2 Å². The molecule has 8 nitrogen and oxygen atoms in total. The van der Waals surface area contributed by atoms with E-state index in [0.29, 0.717) is 26.1 Å². The standard InChI is InChI=1S/C19H34N6O2S/c1-5-14-28(26,27)25-12-10-16(11-13-25)23-19(20-6-2)21-15-17-8-7-9-18(22-17)24(3)4/h7-9,16H,5-6,10-15H2,1-4H3,(H2,20,21,23). The molecule has 1 aliphatic rings. The fraction of sp³-hybridized carbons (Fsp3) is 0.684. The van der Waals surface area contributed by atoms with E-state index in [-0.39, 0.29) is 11.8 Å². The van der Waals surface area contributed by atoms with E-state index in [1.807, 2.05) is 51.0 Å². The summed E-state index contributed by atoms with van der Waals surface area (Å²) < 4.78 is 26.0. The molecular formula is C19H34N6O2S. The lowest BCUT2D eigenvalue weighted by atomic mass is 10.1. The molecule has 1 aromatic rings. The van der Waals surface area contributed by atoms with Gasteiger partial charge in [-0.1, -0.05) is 13.0 Å². The Balaban J connectivity index is 1.94. The molecule has 0 unspecified atom stereocenters. The summed E-state index contributed by atoms with van der Waals surface area (Å²) in [6.07, 6.45) is 2.21. The van der Waals surface area contributed by atoms with Crippen LogP contribution in [0.2, 0.25) is 0 Å². The lowest BCUT2D eigenvalue weighted by molar-refractivity contribution is 0.306. The van der Waals surface area contributed by atoms with Gasteiger partial charge in [-0.05, 0) is 38.3 Å². The lowest BCUT2D eigenvalue weighted by Crippen LogP contribution is -2.50. The summed E-state index contributed by atoms with van der Waals surface area (Å²) in [5.41, 5.74) is 0.906. The Morgan fingerprint density at radius 2 is 2.00 bits per heavy atom. The zero-order valence-corrected chi connectivity index (χ0v) is 18.3. The first-order valence-electron chi connectivity index (χ1n) is 10.0. The molecule has 0 aliphatic carbocycles. The number of piperidine rings is 1. The van der Waals surface area contributed by atoms with E-state index >= 15 is 0 Å². The number of pyridine rings is 1. The fourth-order valence-electron chi connectivity index (χ4n) is 3.14. The van der Waals surface area contributed by atoms with Crippen molar-refractivity contribution in [2.24, 2.45) is 4.99 Å². The normalized spacial score (nSPS) is 16.8. The Kier molecular flexibility index (Phi) is 8.50. The van der Waals surface area contributed by atoms with E-state index in [2.05, 4.69) is 20.6 Å². The van der Waals surface area contributed by atoms with Crippen molar-refractivity contribution in [2.75, 3.05) is 44.4 Å². The number of anilines is 1. The molecule has 2 heterocycles. The van der Waals surface area contributed by atoms with Crippen LogP contribution in [0, 0.1) is 0 Å². The van der Waals surface area contributed by atoms with Gasteiger partial charge < -0.3 is 15.5 Å². The fourth-order valence-corrected chi connectivity index (χ4v) is 4.68. The molecule has 1 aromatic heterocycles.